The second-order valence-electron chi connectivity index (χ2n) is 4.46. The van der Waals surface area contributed by atoms with Gasteiger partial charge in [0.05, 0.1) is 24.4 Å². The zero-order valence-electron chi connectivity index (χ0n) is 10.8. The standard InChI is InChI=1S/C12H19N3O2S/c1-9-8-17-6-5-15(9)4-3-13-12(16)11-7-14-10(2)18-11/h7,9H,3-6,8H2,1-2H3,(H,13,16). The molecule has 5 nitrogen and oxygen atoms in total. The van der Waals surface area contributed by atoms with E-state index in [0.717, 1.165) is 31.3 Å². The predicted molar refractivity (Wildman–Crippen MR) is 71.0 cm³/mol. The molecule has 0 bridgehead atoms. The lowest BCUT2D eigenvalue weighted by atomic mass is 10.2. The zero-order valence-corrected chi connectivity index (χ0v) is 11.6. The van der Waals surface area contributed by atoms with E-state index in [2.05, 4.69) is 22.1 Å². The SMILES string of the molecule is Cc1ncc(C(=O)NCCN2CCOCC2C)s1. The van der Waals surface area contributed by atoms with Crippen LogP contribution in [0, 0.1) is 6.92 Å². The summed E-state index contributed by atoms with van der Waals surface area (Å²) in [4.78, 5) is 18.9. The van der Waals surface area contributed by atoms with Gasteiger partial charge < -0.3 is 10.1 Å². The largest absolute Gasteiger partial charge is 0.379 e. The summed E-state index contributed by atoms with van der Waals surface area (Å²) in [7, 11) is 0. The number of amides is 1. The highest BCUT2D eigenvalue weighted by Gasteiger charge is 2.18. The molecule has 1 fully saturated rings. The summed E-state index contributed by atoms with van der Waals surface area (Å²) < 4.78 is 5.38. The molecule has 100 valence electrons. The fourth-order valence-corrected chi connectivity index (χ4v) is 2.65. The number of carbonyl (C=O) groups is 1. The van der Waals surface area contributed by atoms with Crippen molar-refractivity contribution >= 4 is 17.2 Å². The molecule has 1 aliphatic heterocycles. The van der Waals surface area contributed by atoms with Gasteiger partial charge in [0.25, 0.3) is 5.91 Å². The van der Waals surface area contributed by atoms with E-state index in [1.807, 2.05) is 6.92 Å². The van der Waals surface area contributed by atoms with Gasteiger partial charge in [-0.3, -0.25) is 9.69 Å². The summed E-state index contributed by atoms with van der Waals surface area (Å²) in [6.07, 6.45) is 1.63. The lowest BCUT2D eigenvalue weighted by Gasteiger charge is -2.33. The Hall–Kier alpha value is -0.980. The minimum Gasteiger partial charge on any atom is -0.379 e. The molecule has 0 radical (unpaired) electrons. The molecule has 1 aliphatic rings. The molecule has 1 atom stereocenters. The lowest BCUT2D eigenvalue weighted by Crippen LogP contribution is -2.46. The molecule has 0 aromatic carbocycles. The Kier molecular flexibility index (Phi) is 4.68. The molecule has 0 aliphatic carbocycles. The molecule has 1 saturated heterocycles. The van der Waals surface area contributed by atoms with Crippen LogP contribution in [0.15, 0.2) is 6.20 Å². The minimum absolute atomic E-state index is 0.0264. The zero-order chi connectivity index (χ0) is 13.0. The number of hydrogen-bond acceptors (Lipinski definition) is 5. The van der Waals surface area contributed by atoms with Crippen molar-refractivity contribution in [1.29, 1.82) is 0 Å². The second-order valence-corrected chi connectivity index (χ2v) is 5.69. The van der Waals surface area contributed by atoms with E-state index >= 15 is 0 Å². The smallest absolute Gasteiger partial charge is 0.263 e. The molecule has 1 aromatic rings. The van der Waals surface area contributed by atoms with E-state index in [1.54, 1.807) is 6.20 Å². The number of carbonyl (C=O) groups excluding carboxylic acids is 1. The quantitative estimate of drug-likeness (QED) is 0.882. The van der Waals surface area contributed by atoms with Crippen LogP contribution < -0.4 is 5.32 Å². The third kappa shape index (κ3) is 3.51. The van der Waals surface area contributed by atoms with Crippen LogP contribution in [-0.4, -0.2) is 54.7 Å². The van der Waals surface area contributed by atoms with E-state index < -0.39 is 0 Å². The molecule has 1 aromatic heterocycles. The third-order valence-electron chi connectivity index (χ3n) is 3.03. The van der Waals surface area contributed by atoms with Crippen molar-refractivity contribution < 1.29 is 9.53 Å². The van der Waals surface area contributed by atoms with Gasteiger partial charge in [-0.05, 0) is 13.8 Å². The van der Waals surface area contributed by atoms with Gasteiger partial charge in [-0.15, -0.1) is 11.3 Å². The maximum atomic E-state index is 11.8. The number of morpholine rings is 1. The summed E-state index contributed by atoms with van der Waals surface area (Å²) in [5.41, 5.74) is 0. The van der Waals surface area contributed by atoms with E-state index in [1.165, 1.54) is 11.3 Å². The van der Waals surface area contributed by atoms with Crippen molar-refractivity contribution in [2.24, 2.45) is 0 Å². The van der Waals surface area contributed by atoms with Gasteiger partial charge >= 0.3 is 0 Å². The number of ether oxygens (including phenoxy) is 1. The first-order chi connectivity index (χ1) is 8.66. The van der Waals surface area contributed by atoms with Crippen LogP contribution in [0.3, 0.4) is 0 Å². The number of aromatic nitrogens is 1. The highest BCUT2D eigenvalue weighted by atomic mass is 32.1. The maximum absolute atomic E-state index is 11.8. The number of aryl methyl sites for hydroxylation is 1. The predicted octanol–water partition coefficient (Wildman–Crippen LogP) is 0.902. The number of nitrogens with zero attached hydrogens (tertiary/aromatic N) is 2. The van der Waals surface area contributed by atoms with E-state index in [0.29, 0.717) is 17.5 Å². The van der Waals surface area contributed by atoms with Gasteiger partial charge in [0, 0.05) is 25.7 Å². The second kappa shape index (κ2) is 6.26. The average Bonchev–Trinajstić information content (AvgIpc) is 2.78. The average molecular weight is 269 g/mol. The Labute approximate surface area is 111 Å². The molecule has 1 amide bonds. The Bertz CT molecular complexity index is 408. The highest BCUT2D eigenvalue weighted by Crippen LogP contribution is 2.11. The Balaban J connectivity index is 1.73. The van der Waals surface area contributed by atoms with Crippen LogP contribution in [0.2, 0.25) is 0 Å². The fraction of sp³-hybridized carbons (Fsp3) is 0.667. The highest BCUT2D eigenvalue weighted by molar-refractivity contribution is 7.13. The molecule has 1 N–H and O–H groups in total. The summed E-state index contributed by atoms with van der Waals surface area (Å²) in [5.74, 6) is -0.0264. The van der Waals surface area contributed by atoms with Gasteiger partial charge in [-0.2, -0.15) is 0 Å². The van der Waals surface area contributed by atoms with Crippen LogP contribution in [-0.2, 0) is 4.74 Å². The molecule has 2 rings (SSSR count). The number of thiazole rings is 1. The molecule has 2 heterocycles. The maximum Gasteiger partial charge on any atom is 0.263 e. The first-order valence-corrected chi connectivity index (χ1v) is 7.01. The van der Waals surface area contributed by atoms with E-state index in [-0.39, 0.29) is 5.91 Å². The third-order valence-corrected chi connectivity index (χ3v) is 3.95. The lowest BCUT2D eigenvalue weighted by molar-refractivity contribution is 0.000544. The number of nitrogens with one attached hydrogen (secondary N) is 1. The van der Waals surface area contributed by atoms with Crippen LogP contribution in [0.4, 0.5) is 0 Å². The van der Waals surface area contributed by atoms with Crippen molar-refractivity contribution in [1.82, 2.24) is 15.2 Å². The van der Waals surface area contributed by atoms with E-state index in [4.69, 9.17) is 4.74 Å². The molecule has 18 heavy (non-hydrogen) atoms. The van der Waals surface area contributed by atoms with Crippen molar-refractivity contribution in [3.05, 3.63) is 16.1 Å². The fourth-order valence-electron chi connectivity index (χ4n) is 1.96. The first-order valence-electron chi connectivity index (χ1n) is 6.19. The first kappa shape index (κ1) is 13.5. The Morgan fingerprint density at radius 2 is 2.56 bits per heavy atom. The minimum atomic E-state index is -0.0264. The van der Waals surface area contributed by atoms with Crippen molar-refractivity contribution in [3.8, 4) is 0 Å². The van der Waals surface area contributed by atoms with Crippen molar-refractivity contribution in [3.63, 3.8) is 0 Å². The van der Waals surface area contributed by atoms with Crippen LogP contribution >= 0.6 is 11.3 Å². The van der Waals surface area contributed by atoms with Crippen LogP contribution in [0.5, 0.6) is 0 Å². The van der Waals surface area contributed by atoms with Gasteiger partial charge in [0.2, 0.25) is 0 Å². The summed E-state index contributed by atoms with van der Waals surface area (Å²) in [5, 5.41) is 3.85. The topological polar surface area (TPSA) is 54.5 Å². The number of rotatable bonds is 4. The molecular formula is C12H19N3O2S. The number of hydrogen-bond donors (Lipinski definition) is 1. The molecular weight excluding hydrogens is 250 g/mol. The van der Waals surface area contributed by atoms with Gasteiger partial charge in [0.1, 0.15) is 4.88 Å². The summed E-state index contributed by atoms with van der Waals surface area (Å²) >= 11 is 1.43. The Morgan fingerprint density at radius 1 is 1.72 bits per heavy atom. The Morgan fingerprint density at radius 3 is 3.22 bits per heavy atom. The summed E-state index contributed by atoms with van der Waals surface area (Å²) in [6, 6.07) is 0.432. The van der Waals surface area contributed by atoms with Crippen LogP contribution in [0.1, 0.15) is 21.6 Å². The molecule has 0 spiro atoms. The van der Waals surface area contributed by atoms with Crippen LogP contribution in [0.25, 0.3) is 0 Å². The van der Waals surface area contributed by atoms with Crippen molar-refractivity contribution in [2.45, 2.75) is 19.9 Å². The van der Waals surface area contributed by atoms with Gasteiger partial charge in [-0.1, -0.05) is 0 Å². The molecule has 1 unspecified atom stereocenters. The summed E-state index contributed by atoms with van der Waals surface area (Å²) in [6.45, 7) is 8.09. The monoisotopic (exact) mass is 269 g/mol. The van der Waals surface area contributed by atoms with E-state index in [9.17, 15) is 4.79 Å². The van der Waals surface area contributed by atoms with Gasteiger partial charge in [0.15, 0.2) is 0 Å². The van der Waals surface area contributed by atoms with Crippen molar-refractivity contribution in [2.75, 3.05) is 32.8 Å². The normalized spacial score (nSPS) is 20.9. The van der Waals surface area contributed by atoms with Gasteiger partial charge in [-0.25, -0.2) is 4.98 Å². The molecule has 6 heteroatoms. The molecule has 0 saturated carbocycles.